The number of nitrogens with zero attached hydrogens (tertiary/aromatic N) is 1. The van der Waals surface area contributed by atoms with Crippen molar-refractivity contribution in [1.29, 1.82) is 0 Å². The molecule has 1 fully saturated rings. The van der Waals surface area contributed by atoms with Gasteiger partial charge in [-0.05, 0) is 19.3 Å². The Balaban J connectivity index is 0.000000461. The average Bonchev–Trinajstić information content (AvgIpc) is 2.10. The molecule has 1 rings (SSSR count). The van der Waals surface area contributed by atoms with Crippen molar-refractivity contribution in [1.82, 2.24) is 4.90 Å². The summed E-state index contributed by atoms with van der Waals surface area (Å²) in [6.45, 7) is 1.46. The van der Waals surface area contributed by atoms with E-state index in [0.717, 1.165) is 33.0 Å². The molecule has 4 nitrogen and oxygen atoms in total. The first-order valence-electron chi connectivity index (χ1n) is 3.73. The van der Waals surface area contributed by atoms with E-state index < -0.39 is 6.09 Å². The standard InChI is InChI=1S/C6H11NO2.CH4O/c8-6(9)7-4-2-1-3-5-7;1-2/h1-5H2,(H,8,9);2H,1H3. The molecule has 0 unspecified atom stereocenters. The highest BCUT2D eigenvalue weighted by atomic mass is 16.4. The molecule has 1 aliphatic rings. The van der Waals surface area contributed by atoms with Crippen LogP contribution >= 0.6 is 0 Å². The third-order valence-electron chi connectivity index (χ3n) is 1.63. The topological polar surface area (TPSA) is 60.8 Å². The number of amides is 1. The molecule has 11 heavy (non-hydrogen) atoms. The summed E-state index contributed by atoms with van der Waals surface area (Å²) < 4.78 is 0. The van der Waals surface area contributed by atoms with Crippen LogP contribution in [-0.2, 0) is 0 Å². The molecule has 1 amide bonds. The van der Waals surface area contributed by atoms with Gasteiger partial charge in [-0.15, -0.1) is 0 Å². The van der Waals surface area contributed by atoms with E-state index in [9.17, 15) is 4.79 Å². The molecule has 0 aliphatic carbocycles. The van der Waals surface area contributed by atoms with Crippen LogP contribution in [0.1, 0.15) is 19.3 Å². The molecule has 0 atom stereocenters. The molecule has 0 aromatic heterocycles. The summed E-state index contributed by atoms with van der Waals surface area (Å²) in [5, 5.41) is 15.5. The molecule has 1 heterocycles. The fourth-order valence-electron chi connectivity index (χ4n) is 1.09. The van der Waals surface area contributed by atoms with Crippen LogP contribution in [0.25, 0.3) is 0 Å². The number of carbonyl (C=O) groups is 1. The smallest absolute Gasteiger partial charge is 0.407 e. The minimum Gasteiger partial charge on any atom is -0.465 e. The first-order valence-corrected chi connectivity index (χ1v) is 3.73. The van der Waals surface area contributed by atoms with Gasteiger partial charge in [-0.1, -0.05) is 0 Å². The van der Waals surface area contributed by atoms with Crippen LogP contribution in [0.5, 0.6) is 0 Å². The van der Waals surface area contributed by atoms with E-state index in [-0.39, 0.29) is 0 Å². The lowest BCUT2D eigenvalue weighted by Gasteiger charge is -2.22. The number of likely N-dealkylation sites (tertiary alicyclic amines) is 1. The van der Waals surface area contributed by atoms with E-state index in [4.69, 9.17) is 10.2 Å². The second-order valence-corrected chi connectivity index (χ2v) is 2.33. The van der Waals surface area contributed by atoms with Gasteiger partial charge in [-0.2, -0.15) is 0 Å². The summed E-state index contributed by atoms with van der Waals surface area (Å²) >= 11 is 0. The Hall–Kier alpha value is -0.770. The van der Waals surface area contributed by atoms with Crippen LogP contribution < -0.4 is 0 Å². The molecule has 1 aliphatic heterocycles. The van der Waals surface area contributed by atoms with Gasteiger partial charge in [0.25, 0.3) is 0 Å². The lowest BCUT2D eigenvalue weighted by Crippen LogP contribution is -2.34. The quantitative estimate of drug-likeness (QED) is 0.551. The maximum absolute atomic E-state index is 10.3. The summed E-state index contributed by atoms with van der Waals surface area (Å²) in [5.41, 5.74) is 0. The molecule has 4 heteroatoms. The van der Waals surface area contributed by atoms with Gasteiger partial charge in [0, 0.05) is 20.2 Å². The third kappa shape index (κ3) is 3.83. The van der Waals surface area contributed by atoms with Crippen molar-refractivity contribution in [3.8, 4) is 0 Å². The Morgan fingerprint density at radius 3 is 1.91 bits per heavy atom. The van der Waals surface area contributed by atoms with Crippen molar-refractivity contribution in [3.63, 3.8) is 0 Å². The van der Waals surface area contributed by atoms with Gasteiger partial charge in [0.15, 0.2) is 0 Å². The normalized spacial score (nSPS) is 16.7. The largest absolute Gasteiger partial charge is 0.465 e. The van der Waals surface area contributed by atoms with Crippen LogP contribution in [0.4, 0.5) is 4.79 Å². The molecule has 0 aromatic rings. The molecule has 66 valence electrons. The van der Waals surface area contributed by atoms with Gasteiger partial charge in [0.1, 0.15) is 0 Å². The highest BCUT2D eigenvalue weighted by Gasteiger charge is 2.13. The number of piperidine rings is 1. The van der Waals surface area contributed by atoms with Crippen molar-refractivity contribution < 1.29 is 15.0 Å². The number of aliphatic hydroxyl groups is 1. The second kappa shape index (κ2) is 5.97. The second-order valence-electron chi connectivity index (χ2n) is 2.33. The molecular weight excluding hydrogens is 146 g/mol. The average molecular weight is 161 g/mol. The molecule has 2 N–H and O–H groups in total. The van der Waals surface area contributed by atoms with Crippen molar-refractivity contribution in [2.45, 2.75) is 19.3 Å². The Labute approximate surface area is 66.4 Å². The van der Waals surface area contributed by atoms with Gasteiger partial charge in [-0.25, -0.2) is 4.79 Å². The molecule has 0 bridgehead atoms. The summed E-state index contributed by atoms with van der Waals surface area (Å²) in [6, 6.07) is 0. The first-order chi connectivity index (χ1) is 5.30. The van der Waals surface area contributed by atoms with Crippen LogP contribution in [0.15, 0.2) is 0 Å². The van der Waals surface area contributed by atoms with Crippen molar-refractivity contribution in [2.24, 2.45) is 0 Å². The number of hydrogen-bond acceptors (Lipinski definition) is 2. The number of carboxylic acid groups (broad SMARTS) is 1. The van der Waals surface area contributed by atoms with E-state index in [1.165, 1.54) is 11.3 Å². The fraction of sp³-hybridized carbons (Fsp3) is 0.857. The van der Waals surface area contributed by atoms with Gasteiger partial charge in [0.2, 0.25) is 0 Å². The molecule has 0 aromatic carbocycles. The van der Waals surface area contributed by atoms with Gasteiger partial charge >= 0.3 is 6.09 Å². The first kappa shape index (κ1) is 10.2. The van der Waals surface area contributed by atoms with Crippen molar-refractivity contribution in [3.05, 3.63) is 0 Å². The summed E-state index contributed by atoms with van der Waals surface area (Å²) in [7, 11) is 1.00. The van der Waals surface area contributed by atoms with Gasteiger partial charge in [0.05, 0.1) is 0 Å². The van der Waals surface area contributed by atoms with E-state index in [2.05, 4.69) is 0 Å². The summed E-state index contributed by atoms with van der Waals surface area (Å²) in [6.07, 6.45) is 2.48. The molecule has 0 saturated carbocycles. The monoisotopic (exact) mass is 161 g/mol. The fourth-order valence-corrected chi connectivity index (χ4v) is 1.09. The predicted molar refractivity (Wildman–Crippen MR) is 41.6 cm³/mol. The van der Waals surface area contributed by atoms with Gasteiger partial charge in [-0.3, -0.25) is 0 Å². The van der Waals surface area contributed by atoms with Gasteiger partial charge < -0.3 is 15.1 Å². The molecular formula is C7H15NO3. The highest BCUT2D eigenvalue weighted by molar-refractivity contribution is 5.64. The number of rotatable bonds is 0. The van der Waals surface area contributed by atoms with Crippen LogP contribution in [-0.4, -0.2) is 41.4 Å². The minimum absolute atomic E-state index is 0.731. The van der Waals surface area contributed by atoms with E-state index in [0.29, 0.717) is 0 Å². The maximum atomic E-state index is 10.3. The van der Waals surface area contributed by atoms with Crippen molar-refractivity contribution >= 4 is 6.09 Å². The molecule has 0 spiro atoms. The van der Waals surface area contributed by atoms with Crippen LogP contribution in [0.3, 0.4) is 0 Å². The van der Waals surface area contributed by atoms with E-state index in [1.807, 2.05) is 0 Å². The summed E-state index contributed by atoms with van der Waals surface area (Å²) in [4.78, 5) is 11.8. The zero-order valence-corrected chi connectivity index (χ0v) is 6.79. The van der Waals surface area contributed by atoms with E-state index >= 15 is 0 Å². The van der Waals surface area contributed by atoms with E-state index in [1.54, 1.807) is 0 Å². The number of hydrogen-bond donors (Lipinski definition) is 2. The zero-order chi connectivity index (χ0) is 8.69. The lowest BCUT2D eigenvalue weighted by molar-refractivity contribution is 0.136. The number of aliphatic hydroxyl groups excluding tert-OH is 1. The Bertz CT molecular complexity index is 110. The zero-order valence-electron chi connectivity index (χ0n) is 6.79. The minimum atomic E-state index is -0.769. The lowest BCUT2D eigenvalue weighted by atomic mass is 10.1. The highest BCUT2D eigenvalue weighted by Crippen LogP contribution is 2.07. The van der Waals surface area contributed by atoms with Crippen LogP contribution in [0.2, 0.25) is 0 Å². The Morgan fingerprint density at radius 2 is 1.64 bits per heavy atom. The maximum Gasteiger partial charge on any atom is 0.407 e. The Morgan fingerprint density at radius 1 is 1.18 bits per heavy atom. The predicted octanol–water partition coefficient (Wildman–Crippen LogP) is 0.759. The Kier molecular flexibility index (Phi) is 5.56. The summed E-state index contributed by atoms with van der Waals surface area (Å²) in [5.74, 6) is 0. The third-order valence-corrected chi connectivity index (χ3v) is 1.63. The van der Waals surface area contributed by atoms with Crippen molar-refractivity contribution in [2.75, 3.05) is 20.2 Å². The SMILES string of the molecule is CO.O=C(O)N1CCCCC1. The molecule has 0 radical (unpaired) electrons. The molecule has 1 saturated heterocycles. The van der Waals surface area contributed by atoms with Crippen LogP contribution in [0, 0.1) is 0 Å².